The summed E-state index contributed by atoms with van der Waals surface area (Å²) in [6.45, 7) is 1.19. The first-order valence-electron chi connectivity index (χ1n) is 7.80. The highest BCUT2D eigenvalue weighted by molar-refractivity contribution is 5.89. The lowest BCUT2D eigenvalue weighted by atomic mass is 9.95. The summed E-state index contributed by atoms with van der Waals surface area (Å²) >= 11 is 0. The van der Waals surface area contributed by atoms with Crippen LogP contribution in [-0.4, -0.2) is 32.1 Å². The predicted molar refractivity (Wildman–Crippen MR) is 84.4 cm³/mol. The number of nitrogens with two attached hydrogens (primary N) is 1. The number of amides is 1. The van der Waals surface area contributed by atoms with Crippen molar-refractivity contribution in [3.05, 3.63) is 35.4 Å². The lowest BCUT2D eigenvalue weighted by Crippen LogP contribution is -2.36. The molecule has 2 atom stereocenters. The van der Waals surface area contributed by atoms with Crippen LogP contribution >= 0.6 is 0 Å². The van der Waals surface area contributed by atoms with Gasteiger partial charge in [-0.15, -0.1) is 0 Å². The SMILES string of the molecule is COC(=O)c1ccc(CCNC(=O)[C@@H]2CCC[C@@H]2CN)cc1. The van der Waals surface area contributed by atoms with Crippen molar-refractivity contribution in [2.75, 3.05) is 20.2 Å². The fourth-order valence-corrected chi connectivity index (χ4v) is 3.05. The molecule has 22 heavy (non-hydrogen) atoms. The second-order valence-corrected chi connectivity index (χ2v) is 5.76. The largest absolute Gasteiger partial charge is 0.465 e. The second kappa shape index (κ2) is 7.94. The maximum absolute atomic E-state index is 12.2. The maximum Gasteiger partial charge on any atom is 0.337 e. The van der Waals surface area contributed by atoms with Crippen LogP contribution in [0.3, 0.4) is 0 Å². The molecule has 1 saturated carbocycles. The Morgan fingerprint density at radius 2 is 2.00 bits per heavy atom. The van der Waals surface area contributed by atoms with Gasteiger partial charge in [-0.05, 0) is 49.4 Å². The molecule has 1 aromatic carbocycles. The Kier molecular flexibility index (Phi) is 5.95. The second-order valence-electron chi connectivity index (χ2n) is 5.76. The smallest absolute Gasteiger partial charge is 0.337 e. The highest BCUT2D eigenvalue weighted by atomic mass is 16.5. The number of carbonyl (C=O) groups excluding carboxylic acids is 2. The van der Waals surface area contributed by atoms with E-state index in [0.29, 0.717) is 24.6 Å². The highest BCUT2D eigenvalue weighted by Crippen LogP contribution is 2.30. The fraction of sp³-hybridized carbons (Fsp3) is 0.529. The standard InChI is InChI=1S/C17H24N2O3/c1-22-17(21)13-7-5-12(6-8-13)9-10-19-16(20)15-4-2-3-14(15)11-18/h5-8,14-15H,2-4,9-11,18H2,1H3,(H,19,20)/t14-,15-/m1/s1. The van der Waals surface area contributed by atoms with Crippen LogP contribution in [0.25, 0.3) is 0 Å². The van der Waals surface area contributed by atoms with Crippen LogP contribution in [0.15, 0.2) is 24.3 Å². The van der Waals surface area contributed by atoms with Crippen LogP contribution in [0.4, 0.5) is 0 Å². The quantitative estimate of drug-likeness (QED) is 0.781. The van der Waals surface area contributed by atoms with Crippen molar-refractivity contribution in [2.24, 2.45) is 17.6 Å². The van der Waals surface area contributed by atoms with Crippen molar-refractivity contribution in [2.45, 2.75) is 25.7 Å². The molecular formula is C17H24N2O3. The number of benzene rings is 1. The van der Waals surface area contributed by atoms with E-state index in [2.05, 4.69) is 10.1 Å². The molecule has 0 bridgehead atoms. The third-order valence-corrected chi connectivity index (χ3v) is 4.39. The van der Waals surface area contributed by atoms with Gasteiger partial charge in [0.25, 0.3) is 0 Å². The van der Waals surface area contributed by atoms with Gasteiger partial charge in [0.15, 0.2) is 0 Å². The molecule has 0 saturated heterocycles. The van der Waals surface area contributed by atoms with Gasteiger partial charge in [-0.1, -0.05) is 18.6 Å². The van der Waals surface area contributed by atoms with Crippen molar-refractivity contribution < 1.29 is 14.3 Å². The van der Waals surface area contributed by atoms with Gasteiger partial charge in [-0.25, -0.2) is 4.79 Å². The van der Waals surface area contributed by atoms with Gasteiger partial charge in [-0.2, -0.15) is 0 Å². The summed E-state index contributed by atoms with van der Waals surface area (Å²) in [7, 11) is 1.36. The number of carbonyl (C=O) groups is 2. The van der Waals surface area contributed by atoms with Gasteiger partial charge in [0, 0.05) is 12.5 Å². The van der Waals surface area contributed by atoms with Gasteiger partial charge in [-0.3, -0.25) is 4.79 Å². The number of esters is 1. The molecule has 0 aromatic heterocycles. The Morgan fingerprint density at radius 1 is 1.27 bits per heavy atom. The van der Waals surface area contributed by atoms with Crippen LogP contribution in [0.1, 0.15) is 35.2 Å². The summed E-state index contributed by atoms with van der Waals surface area (Å²) in [5.74, 6) is 0.194. The van der Waals surface area contributed by atoms with Gasteiger partial charge < -0.3 is 15.8 Å². The molecule has 1 aromatic rings. The first-order valence-corrected chi connectivity index (χ1v) is 7.80. The minimum absolute atomic E-state index is 0.0756. The summed E-state index contributed by atoms with van der Waals surface area (Å²) in [6, 6.07) is 7.25. The summed E-state index contributed by atoms with van der Waals surface area (Å²) in [5, 5.41) is 3.00. The number of ether oxygens (including phenoxy) is 1. The van der Waals surface area contributed by atoms with Crippen molar-refractivity contribution in [1.29, 1.82) is 0 Å². The van der Waals surface area contributed by atoms with E-state index in [1.54, 1.807) is 12.1 Å². The van der Waals surface area contributed by atoms with E-state index in [1.807, 2.05) is 12.1 Å². The Hall–Kier alpha value is -1.88. The zero-order chi connectivity index (χ0) is 15.9. The number of rotatable bonds is 6. The Bertz CT molecular complexity index is 513. The number of methoxy groups -OCH3 is 1. The minimum atomic E-state index is -0.339. The van der Waals surface area contributed by atoms with Crippen molar-refractivity contribution in [3.63, 3.8) is 0 Å². The third kappa shape index (κ3) is 4.07. The van der Waals surface area contributed by atoms with Crippen LogP contribution < -0.4 is 11.1 Å². The van der Waals surface area contributed by atoms with Crippen LogP contribution in [0.2, 0.25) is 0 Å². The van der Waals surface area contributed by atoms with Crippen molar-refractivity contribution in [1.82, 2.24) is 5.32 Å². The molecule has 0 unspecified atom stereocenters. The number of nitrogens with one attached hydrogen (secondary N) is 1. The van der Waals surface area contributed by atoms with E-state index in [1.165, 1.54) is 7.11 Å². The molecule has 5 heteroatoms. The van der Waals surface area contributed by atoms with Gasteiger partial charge in [0.05, 0.1) is 12.7 Å². The zero-order valence-corrected chi connectivity index (χ0v) is 13.0. The molecule has 0 aliphatic heterocycles. The average molecular weight is 304 g/mol. The molecule has 1 aliphatic rings. The fourth-order valence-electron chi connectivity index (χ4n) is 3.05. The molecule has 1 fully saturated rings. The lowest BCUT2D eigenvalue weighted by Gasteiger charge is -2.17. The molecule has 1 aliphatic carbocycles. The van der Waals surface area contributed by atoms with Crippen LogP contribution in [0, 0.1) is 11.8 Å². The summed E-state index contributed by atoms with van der Waals surface area (Å²) in [4.78, 5) is 23.5. The van der Waals surface area contributed by atoms with Crippen molar-refractivity contribution >= 4 is 11.9 Å². The molecule has 0 radical (unpaired) electrons. The monoisotopic (exact) mass is 304 g/mol. The molecule has 0 spiro atoms. The average Bonchev–Trinajstić information content (AvgIpc) is 3.03. The van der Waals surface area contributed by atoms with E-state index in [0.717, 1.165) is 31.2 Å². The summed E-state index contributed by atoms with van der Waals surface area (Å²) in [6.07, 6.45) is 3.84. The van der Waals surface area contributed by atoms with Gasteiger partial charge >= 0.3 is 5.97 Å². The Labute approximate surface area is 131 Å². The number of hydrogen-bond acceptors (Lipinski definition) is 4. The van der Waals surface area contributed by atoms with Gasteiger partial charge in [0.1, 0.15) is 0 Å². The molecule has 5 nitrogen and oxygen atoms in total. The van der Waals surface area contributed by atoms with E-state index < -0.39 is 0 Å². The van der Waals surface area contributed by atoms with E-state index in [4.69, 9.17) is 5.73 Å². The molecule has 1 amide bonds. The number of hydrogen-bond donors (Lipinski definition) is 2. The summed E-state index contributed by atoms with van der Waals surface area (Å²) < 4.78 is 4.66. The van der Waals surface area contributed by atoms with E-state index in [9.17, 15) is 9.59 Å². The highest BCUT2D eigenvalue weighted by Gasteiger charge is 2.31. The lowest BCUT2D eigenvalue weighted by molar-refractivity contribution is -0.125. The molecule has 0 heterocycles. The Balaban J connectivity index is 1.78. The Morgan fingerprint density at radius 3 is 2.64 bits per heavy atom. The molecular weight excluding hydrogens is 280 g/mol. The predicted octanol–water partition coefficient (Wildman–Crippen LogP) is 1.51. The van der Waals surface area contributed by atoms with Crippen LogP contribution in [-0.2, 0) is 16.0 Å². The molecule has 3 N–H and O–H groups in total. The zero-order valence-electron chi connectivity index (χ0n) is 13.0. The normalized spacial score (nSPS) is 20.6. The maximum atomic E-state index is 12.2. The summed E-state index contributed by atoms with van der Waals surface area (Å²) in [5.41, 5.74) is 7.33. The molecule has 120 valence electrons. The van der Waals surface area contributed by atoms with Crippen molar-refractivity contribution in [3.8, 4) is 0 Å². The third-order valence-electron chi connectivity index (χ3n) is 4.39. The van der Waals surface area contributed by atoms with E-state index in [-0.39, 0.29) is 17.8 Å². The van der Waals surface area contributed by atoms with Crippen LogP contribution in [0.5, 0.6) is 0 Å². The van der Waals surface area contributed by atoms with Gasteiger partial charge in [0.2, 0.25) is 5.91 Å². The first kappa shape index (κ1) is 16.5. The molecule has 2 rings (SSSR count). The minimum Gasteiger partial charge on any atom is -0.465 e. The van der Waals surface area contributed by atoms with E-state index >= 15 is 0 Å². The topological polar surface area (TPSA) is 81.4 Å². The first-order chi connectivity index (χ1) is 10.7.